The first-order valence-corrected chi connectivity index (χ1v) is 12.1. The summed E-state index contributed by atoms with van der Waals surface area (Å²) < 4.78 is 0. The van der Waals surface area contributed by atoms with E-state index in [1.165, 1.54) is 42.7 Å². The second-order valence-corrected chi connectivity index (χ2v) is 9.80. The smallest absolute Gasteiger partial charge is 0.0652 e. The lowest BCUT2D eigenvalue weighted by Crippen LogP contribution is -2.39. The van der Waals surface area contributed by atoms with Gasteiger partial charge in [0.2, 0.25) is 0 Å². The third-order valence-electron chi connectivity index (χ3n) is 7.44. The van der Waals surface area contributed by atoms with Crippen LogP contribution in [0.5, 0.6) is 0 Å². The fourth-order valence-corrected chi connectivity index (χ4v) is 6.39. The average Bonchev–Trinajstić information content (AvgIpc) is 3.35. The van der Waals surface area contributed by atoms with Gasteiger partial charge in [0.15, 0.2) is 0 Å². The van der Waals surface area contributed by atoms with Gasteiger partial charge in [-0.15, -0.1) is 12.6 Å². The molecule has 4 atom stereocenters. The summed E-state index contributed by atoms with van der Waals surface area (Å²) in [5.74, 6) is 2.83. The summed E-state index contributed by atoms with van der Waals surface area (Å²) in [6.45, 7) is 10.8. The molecule has 0 radical (unpaired) electrons. The minimum atomic E-state index is 0.606. The highest BCUT2D eigenvalue weighted by molar-refractivity contribution is 7.80. The molecule has 1 N–H and O–H groups in total. The molecule has 0 amide bonds. The summed E-state index contributed by atoms with van der Waals surface area (Å²) in [6.07, 6.45) is 12.8. The van der Waals surface area contributed by atoms with Crippen molar-refractivity contribution in [1.29, 1.82) is 0 Å². The maximum atomic E-state index is 4.60. The molecule has 0 spiro atoms. The Hall–Kier alpha value is -1.65. The zero-order valence-electron chi connectivity index (χ0n) is 18.9. The molecule has 0 saturated heterocycles. The van der Waals surface area contributed by atoms with Gasteiger partial charge in [-0.1, -0.05) is 24.6 Å². The van der Waals surface area contributed by atoms with Gasteiger partial charge in [-0.3, -0.25) is 0 Å². The third kappa shape index (κ3) is 4.36. The van der Waals surface area contributed by atoms with Gasteiger partial charge in [0.05, 0.1) is 5.69 Å². The lowest BCUT2D eigenvalue weighted by molar-refractivity contribution is 0.180. The first-order chi connectivity index (χ1) is 14.5. The Labute approximate surface area is 188 Å². The van der Waals surface area contributed by atoms with Gasteiger partial charge in [0.25, 0.3) is 0 Å². The highest BCUT2D eigenvalue weighted by Crippen LogP contribution is 2.51. The van der Waals surface area contributed by atoms with Gasteiger partial charge in [-0.2, -0.15) is 0 Å². The number of allylic oxidation sites excluding steroid dienone is 5. The molecule has 2 aliphatic carbocycles. The van der Waals surface area contributed by atoms with Crippen LogP contribution < -0.4 is 10.4 Å². The molecular formula is C26H37N3S. The number of fused-ring (bicyclic) bond motifs is 2. The standard InChI is InChI=1S/C26H37N3S/c1-5-28(25-8-6-7-9-26(25)30)27-13-12-22-14-18(2)29(19(3)15-22)20(4)24-17-21-10-11-23(24)16-21/h6-9,12,14-15,20-21,23-24,27,30H,5,10-11,13,16-17H2,1-4H3. The first-order valence-electron chi connectivity index (χ1n) is 11.6. The predicted octanol–water partition coefficient (Wildman–Crippen LogP) is 6.18. The summed E-state index contributed by atoms with van der Waals surface area (Å²) >= 11 is 4.60. The molecule has 1 aromatic rings. The molecule has 30 heavy (non-hydrogen) atoms. The van der Waals surface area contributed by atoms with Crippen LogP contribution in [0.2, 0.25) is 0 Å². The van der Waals surface area contributed by atoms with Crippen molar-refractivity contribution in [2.24, 2.45) is 17.8 Å². The quantitative estimate of drug-likeness (QED) is 0.403. The van der Waals surface area contributed by atoms with E-state index in [1.807, 2.05) is 12.1 Å². The molecule has 2 bridgehead atoms. The van der Waals surface area contributed by atoms with Crippen molar-refractivity contribution < 1.29 is 0 Å². The zero-order chi connectivity index (χ0) is 21.3. The largest absolute Gasteiger partial charge is 0.346 e. The van der Waals surface area contributed by atoms with Crippen molar-refractivity contribution >= 4 is 18.3 Å². The SMILES string of the molecule is CCN(NCC=C1C=C(C)N(C(C)C2CC3CCC2C3)C(C)=C1)c1ccccc1S. The van der Waals surface area contributed by atoms with E-state index in [2.05, 4.69) is 86.0 Å². The first kappa shape index (κ1) is 21.6. The van der Waals surface area contributed by atoms with Crippen LogP contribution in [0.4, 0.5) is 5.69 Å². The van der Waals surface area contributed by atoms with Crippen LogP contribution in [0.25, 0.3) is 0 Å². The molecule has 1 heterocycles. The molecule has 4 heteroatoms. The minimum Gasteiger partial charge on any atom is -0.346 e. The third-order valence-corrected chi connectivity index (χ3v) is 7.82. The molecule has 2 saturated carbocycles. The number of benzene rings is 1. The van der Waals surface area contributed by atoms with Crippen LogP contribution >= 0.6 is 12.6 Å². The number of rotatable bonds is 7. The number of hydrazine groups is 1. The number of hydrogen-bond donors (Lipinski definition) is 2. The van der Waals surface area contributed by atoms with Gasteiger partial charge < -0.3 is 9.91 Å². The normalized spacial score (nSPS) is 26.5. The molecule has 1 aromatic carbocycles. The molecular weight excluding hydrogens is 386 g/mol. The molecule has 0 aromatic heterocycles. The second-order valence-electron chi connectivity index (χ2n) is 9.32. The maximum Gasteiger partial charge on any atom is 0.0652 e. The number of nitrogens with one attached hydrogen (secondary N) is 1. The molecule has 2 fully saturated rings. The molecule has 4 unspecified atom stereocenters. The van der Waals surface area contributed by atoms with Gasteiger partial charge in [0.1, 0.15) is 0 Å². The monoisotopic (exact) mass is 423 g/mol. The Balaban J connectivity index is 1.40. The Morgan fingerprint density at radius 2 is 1.90 bits per heavy atom. The van der Waals surface area contributed by atoms with Gasteiger partial charge in [0, 0.05) is 35.4 Å². The summed E-state index contributed by atoms with van der Waals surface area (Å²) in [7, 11) is 0. The van der Waals surface area contributed by atoms with Crippen LogP contribution in [0.15, 0.2) is 64.4 Å². The highest BCUT2D eigenvalue weighted by atomic mass is 32.1. The number of anilines is 1. The van der Waals surface area contributed by atoms with E-state index in [0.29, 0.717) is 6.04 Å². The number of para-hydroxylation sites is 1. The molecule has 4 rings (SSSR count). The van der Waals surface area contributed by atoms with Crippen LogP contribution in [-0.4, -0.2) is 24.0 Å². The van der Waals surface area contributed by atoms with E-state index in [1.54, 1.807) is 0 Å². The second kappa shape index (κ2) is 9.23. The summed E-state index contributed by atoms with van der Waals surface area (Å²) in [4.78, 5) is 3.58. The molecule has 1 aliphatic heterocycles. The Bertz CT molecular complexity index is 834. The molecule has 162 valence electrons. The lowest BCUT2D eigenvalue weighted by Gasteiger charge is -2.41. The van der Waals surface area contributed by atoms with E-state index in [9.17, 15) is 0 Å². The average molecular weight is 424 g/mol. The van der Waals surface area contributed by atoms with Crippen molar-refractivity contribution in [3.05, 3.63) is 59.5 Å². The predicted molar refractivity (Wildman–Crippen MR) is 131 cm³/mol. The van der Waals surface area contributed by atoms with Gasteiger partial charge in [-0.05, 0) is 94.6 Å². The van der Waals surface area contributed by atoms with Crippen molar-refractivity contribution in [3.8, 4) is 0 Å². The van der Waals surface area contributed by atoms with E-state index in [4.69, 9.17) is 0 Å². The lowest BCUT2D eigenvalue weighted by atomic mass is 9.82. The van der Waals surface area contributed by atoms with Crippen LogP contribution in [0.3, 0.4) is 0 Å². The van der Waals surface area contributed by atoms with Crippen LogP contribution in [0, 0.1) is 17.8 Å². The van der Waals surface area contributed by atoms with Crippen molar-refractivity contribution in [1.82, 2.24) is 10.3 Å². The summed E-state index contributed by atoms with van der Waals surface area (Å²) in [5, 5.41) is 2.17. The van der Waals surface area contributed by atoms with Crippen LogP contribution in [0.1, 0.15) is 53.4 Å². The van der Waals surface area contributed by atoms with Crippen molar-refractivity contribution in [3.63, 3.8) is 0 Å². The number of hydrogen-bond acceptors (Lipinski definition) is 4. The summed E-state index contributed by atoms with van der Waals surface area (Å²) in [5.41, 5.74) is 8.71. The topological polar surface area (TPSA) is 18.5 Å². The summed E-state index contributed by atoms with van der Waals surface area (Å²) in [6, 6.07) is 8.83. The fourth-order valence-electron chi connectivity index (χ4n) is 6.11. The fraction of sp³-hybridized carbons (Fsp3) is 0.538. The molecule has 3 aliphatic rings. The Morgan fingerprint density at radius 3 is 2.50 bits per heavy atom. The van der Waals surface area contributed by atoms with Gasteiger partial charge in [-0.25, -0.2) is 5.43 Å². The number of nitrogens with zero attached hydrogens (tertiary/aromatic N) is 2. The van der Waals surface area contributed by atoms with Crippen LogP contribution in [-0.2, 0) is 0 Å². The van der Waals surface area contributed by atoms with E-state index < -0.39 is 0 Å². The zero-order valence-corrected chi connectivity index (χ0v) is 19.8. The van der Waals surface area contributed by atoms with Crippen molar-refractivity contribution in [2.75, 3.05) is 18.1 Å². The number of thiol groups is 1. The maximum absolute atomic E-state index is 4.60. The van der Waals surface area contributed by atoms with E-state index in [-0.39, 0.29) is 0 Å². The highest BCUT2D eigenvalue weighted by Gasteiger charge is 2.43. The Morgan fingerprint density at radius 1 is 1.17 bits per heavy atom. The minimum absolute atomic E-state index is 0.606. The van der Waals surface area contributed by atoms with Gasteiger partial charge >= 0.3 is 0 Å². The van der Waals surface area contributed by atoms with Crippen molar-refractivity contribution in [2.45, 2.75) is 64.3 Å². The Kier molecular flexibility index (Phi) is 6.64. The van der Waals surface area contributed by atoms with E-state index in [0.717, 1.165) is 41.4 Å². The van der Waals surface area contributed by atoms with E-state index >= 15 is 0 Å². The molecule has 3 nitrogen and oxygen atoms in total.